The van der Waals surface area contributed by atoms with Crippen LogP contribution in [0.5, 0.6) is 5.75 Å². The maximum absolute atomic E-state index is 5.77. The van der Waals surface area contributed by atoms with Gasteiger partial charge in [-0.3, -0.25) is 0 Å². The molecule has 0 saturated carbocycles. The average Bonchev–Trinajstić information content (AvgIpc) is 2.54. The van der Waals surface area contributed by atoms with Gasteiger partial charge in [-0.25, -0.2) is 0 Å². The number of nitrogens with one attached hydrogen (secondary N) is 1. The predicted octanol–water partition coefficient (Wildman–Crippen LogP) is 4.92. The Labute approximate surface area is 132 Å². The molecule has 0 atom stereocenters. The van der Waals surface area contributed by atoms with Crippen LogP contribution in [0.3, 0.4) is 0 Å². The van der Waals surface area contributed by atoms with E-state index in [2.05, 4.69) is 30.6 Å². The third-order valence-corrected chi connectivity index (χ3v) is 3.17. The first-order chi connectivity index (χ1) is 10.7. The molecule has 0 spiro atoms. The van der Waals surface area contributed by atoms with E-state index in [4.69, 9.17) is 4.74 Å². The molecular formula is C20H21NO. The molecule has 2 aromatic rings. The lowest BCUT2D eigenvalue weighted by atomic mass is 10.1. The highest BCUT2D eigenvalue weighted by Crippen LogP contribution is 2.18. The van der Waals surface area contributed by atoms with E-state index in [0.29, 0.717) is 6.61 Å². The average molecular weight is 291 g/mol. The molecule has 0 unspecified atom stereocenters. The van der Waals surface area contributed by atoms with Crippen molar-refractivity contribution in [3.63, 3.8) is 0 Å². The molecule has 2 aromatic carbocycles. The third-order valence-electron chi connectivity index (χ3n) is 3.17. The molecule has 0 fully saturated rings. The molecule has 1 N–H and O–H groups in total. The Hall–Kier alpha value is -2.74. The molecule has 0 amide bonds. The van der Waals surface area contributed by atoms with E-state index < -0.39 is 0 Å². The van der Waals surface area contributed by atoms with E-state index in [1.165, 1.54) is 0 Å². The summed E-state index contributed by atoms with van der Waals surface area (Å²) in [6, 6.07) is 18.0. The van der Waals surface area contributed by atoms with Crippen molar-refractivity contribution in [3.8, 4) is 5.75 Å². The van der Waals surface area contributed by atoms with Gasteiger partial charge in [-0.1, -0.05) is 49.6 Å². The second kappa shape index (κ2) is 7.89. The predicted molar refractivity (Wildman–Crippen MR) is 93.3 cm³/mol. The Morgan fingerprint density at radius 3 is 2.41 bits per heavy atom. The molecule has 0 heterocycles. The van der Waals surface area contributed by atoms with Gasteiger partial charge in [0.25, 0.3) is 0 Å². The largest absolute Gasteiger partial charge is 0.489 e. The van der Waals surface area contributed by atoms with Crippen LogP contribution in [0.4, 0.5) is 0 Å². The van der Waals surface area contributed by atoms with Crippen LogP contribution in [0, 0.1) is 0 Å². The minimum atomic E-state index is 0.570. The SMILES string of the molecule is C=C/C=C(\C)NC(=C)c1ccc(OCc2ccccc2)cc1. The highest BCUT2D eigenvalue weighted by Gasteiger charge is 2.00. The highest BCUT2D eigenvalue weighted by atomic mass is 16.5. The fourth-order valence-corrected chi connectivity index (χ4v) is 2.02. The fourth-order valence-electron chi connectivity index (χ4n) is 2.02. The first-order valence-corrected chi connectivity index (χ1v) is 7.21. The lowest BCUT2D eigenvalue weighted by Crippen LogP contribution is -2.08. The zero-order chi connectivity index (χ0) is 15.8. The number of hydrogen-bond donors (Lipinski definition) is 1. The van der Waals surface area contributed by atoms with Gasteiger partial charge in [0.2, 0.25) is 0 Å². The van der Waals surface area contributed by atoms with Crippen LogP contribution in [0.2, 0.25) is 0 Å². The van der Waals surface area contributed by atoms with Crippen molar-refractivity contribution in [1.82, 2.24) is 5.32 Å². The van der Waals surface area contributed by atoms with E-state index in [1.807, 2.05) is 55.5 Å². The molecule has 0 aromatic heterocycles. The quantitative estimate of drug-likeness (QED) is 0.731. The molecule has 22 heavy (non-hydrogen) atoms. The topological polar surface area (TPSA) is 21.3 Å². The normalized spacial score (nSPS) is 10.9. The lowest BCUT2D eigenvalue weighted by molar-refractivity contribution is 0.306. The number of rotatable bonds is 7. The van der Waals surface area contributed by atoms with E-state index in [-0.39, 0.29) is 0 Å². The molecule has 0 aliphatic heterocycles. The van der Waals surface area contributed by atoms with Crippen LogP contribution in [0.1, 0.15) is 18.1 Å². The molecule has 2 heteroatoms. The zero-order valence-corrected chi connectivity index (χ0v) is 12.9. The van der Waals surface area contributed by atoms with Gasteiger partial charge in [-0.15, -0.1) is 0 Å². The van der Waals surface area contributed by atoms with E-state index in [0.717, 1.165) is 28.3 Å². The standard InChI is InChI=1S/C20H21NO/c1-4-8-16(2)21-17(3)19-11-13-20(14-12-19)22-15-18-9-6-5-7-10-18/h4-14,21H,1,3,15H2,2H3/b16-8+. The maximum Gasteiger partial charge on any atom is 0.119 e. The monoisotopic (exact) mass is 291 g/mol. The number of hydrogen-bond acceptors (Lipinski definition) is 2. The van der Waals surface area contributed by atoms with Crippen molar-refractivity contribution in [2.45, 2.75) is 13.5 Å². The minimum Gasteiger partial charge on any atom is -0.489 e. The molecule has 0 aliphatic carbocycles. The molecule has 112 valence electrons. The van der Waals surface area contributed by atoms with Crippen molar-refractivity contribution < 1.29 is 4.74 Å². The summed E-state index contributed by atoms with van der Waals surface area (Å²) >= 11 is 0. The minimum absolute atomic E-state index is 0.570. The first kappa shape index (κ1) is 15.6. The first-order valence-electron chi connectivity index (χ1n) is 7.21. The van der Waals surface area contributed by atoms with Crippen molar-refractivity contribution in [3.05, 3.63) is 96.7 Å². The summed E-state index contributed by atoms with van der Waals surface area (Å²) in [5.74, 6) is 0.846. The van der Waals surface area contributed by atoms with Gasteiger partial charge in [0.15, 0.2) is 0 Å². The van der Waals surface area contributed by atoms with Gasteiger partial charge in [-0.2, -0.15) is 0 Å². The lowest BCUT2D eigenvalue weighted by Gasteiger charge is -2.11. The van der Waals surface area contributed by atoms with Gasteiger partial charge in [0.05, 0.1) is 0 Å². The molecule has 0 aliphatic rings. The van der Waals surface area contributed by atoms with Gasteiger partial charge in [-0.05, 0) is 48.4 Å². The Bertz CT molecular complexity index is 654. The Balaban J connectivity index is 1.94. The van der Waals surface area contributed by atoms with Gasteiger partial charge < -0.3 is 10.1 Å². The van der Waals surface area contributed by atoms with Crippen molar-refractivity contribution >= 4 is 5.70 Å². The van der Waals surface area contributed by atoms with E-state index in [9.17, 15) is 0 Å². The second-order valence-corrected chi connectivity index (χ2v) is 4.99. The summed E-state index contributed by atoms with van der Waals surface area (Å²) in [6.07, 6.45) is 3.65. The van der Waals surface area contributed by atoms with Gasteiger partial charge in [0, 0.05) is 11.4 Å². The summed E-state index contributed by atoms with van der Waals surface area (Å²) < 4.78 is 5.77. The van der Waals surface area contributed by atoms with Gasteiger partial charge in [0.1, 0.15) is 12.4 Å². The van der Waals surface area contributed by atoms with E-state index >= 15 is 0 Å². The molecule has 2 nitrogen and oxygen atoms in total. The van der Waals surface area contributed by atoms with Crippen LogP contribution in [0.25, 0.3) is 5.70 Å². The zero-order valence-electron chi connectivity index (χ0n) is 12.9. The Morgan fingerprint density at radius 1 is 1.09 bits per heavy atom. The van der Waals surface area contributed by atoms with Crippen LogP contribution in [0.15, 0.2) is 85.6 Å². The highest BCUT2D eigenvalue weighted by molar-refractivity contribution is 5.63. The van der Waals surface area contributed by atoms with Crippen LogP contribution in [-0.2, 0) is 6.61 Å². The molecule has 0 bridgehead atoms. The number of allylic oxidation sites excluding steroid dienone is 3. The van der Waals surface area contributed by atoms with Crippen LogP contribution < -0.4 is 10.1 Å². The summed E-state index contributed by atoms with van der Waals surface area (Å²) in [6.45, 7) is 10.3. The van der Waals surface area contributed by atoms with Crippen molar-refractivity contribution in [2.24, 2.45) is 0 Å². The summed E-state index contributed by atoms with van der Waals surface area (Å²) in [4.78, 5) is 0. The maximum atomic E-state index is 5.77. The van der Waals surface area contributed by atoms with Crippen LogP contribution >= 0.6 is 0 Å². The summed E-state index contributed by atoms with van der Waals surface area (Å²) in [7, 11) is 0. The smallest absolute Gasteiger partial charge is 0.119 e. The molecule has 0 saturated heterocycles. The van der Waals surface area contributed by atoms with Gasteiger partial charge >= 0.3 is 0 Å². The van der Waals surface area contributed by atoms with Crippen LogP contribution in [-0.4, -0.2) is 0 Å². The fraction of sp³-hybridized carbons (Fsp3) is 0.100. The van der Waals surface area contributed by atoms with E-state index in [1.54, 1.807) is 6.08 Å². The second-order valence-electron chi connectivity index (χ2n) is 4.99. The summed E-state index contributed by atoms with van der Waals surface area (Å²) in [5, 5.41) is 3.23. The molecular weight excluding hydrogens is 270 g/mol. The third kappa shape index (κ3) is 4.67. The Morgan fingerprint density at radius 2 is 1.77 bits per heavy atom. The summed E-state index contributed by atoms with van der Waals surface area (Å²) in [5.41, 5.74) is 4.04. The Kier molecular flexibility index (Phi) is 5.61. The number of benzene rings is 2. The van der Waals surface area contributed by atoms with Crippen molar-refractivity contribution in [1.29, 1.82) is 0 Å². The van der Waals surface area contributed by atoms with Crippen molar-refractivity contribution in [2.75, 3.05) is 0 Å². The molecule has 0 radical (unpaired) electrons. The molecule has 2 rings (SSSR count). The number of ether oxygens (including phenoxy) is 1.